The van der Waals surface area contributed by atoms with Gasteiger partial charge in [0.2, 0.25) is 0 Å². The number of nitrogens with one attached hydrogen (secondary N) is 1. The molecule has 2 heterocycles. The molecule has 1 atom stereocenters. The van der Waals surface area contributed by atoms with E-state index in [-0.39, 0.29) is 35.1 Å². The van der Waals surface area contributed by atoms with Crippen LogP contribution in [0.15, 0.2) is 18.2 Å². The monoisotopic (exact) mass is 489 g/mol. The molecule has 172 valence electrons. The van der Waals surface area contributed by atoms with Crippen molar-refractivity contribution in [1.29, 1.82) is 0 Å². The summed E-state index contributed by atoms with van der Waals surface area (Å²) in [7, 11) is 0. The van der Waals surface area contributed by atoms with Crippen LogP contribution in [0.3, 0.4) is 0 Å². The summed E-state index contributed by atoms with van der Waals surface area (Å²) < 4.78 is 41.9. The number of primary amides is 1. The van der Waals surface area contributed by atoms with Crippen molar-refractivity contribution in [3.8, 4) is 11.3 Å². The summed E-state index contributed by atoms with van der Waals surface area (Å²) in [5, 5.41) is 7.54. The van der Waals surface area contributed by atoms with Crippen LogP contribution in [0.4, 0.5) is 18.0 Å². The summed E-state index contributed by atoms with van der Waals surface area (Å²) in [4.78, 5) is 26.4. The van der Waals surface area contributed by atoms with E-state index in [0.29, 0.717) is 10.6 Å². The fraction of sp³-hybridized carbons (Fsp3) is 0.450. The van der Waals surface area contributed by atoms with E-state index in [1.54, 1.807) is 6.07 Å². The number of carbonyl (C=O) groups is 2. The highest BCUT2D eigenvalue weighted by Gasteiger charge is 2.55. The summed E-state index contributed by atoms with van der Waals surface area (Å²) >= 11 is 12.0. The molecule has 32 heavy (non-hydrogen) atoms. The molecule has 1 unspecified atom stereocenters. The van der Waals surface area contributed by atoms with E-state index in [4.69, 9.17) is 28.9 Å². The number of fused-ring (bicyclic) bond motifs is 1. The van der Waals surface area contributed by atoms with Gasteiger partial charge in [-0.2, -0.15) is 5.10 Å². The fourth-order valence-corrected chi connectivity index (χ4v) is 4.69. The van der Waals surface area contributed by atoms with Gasteiger partial charge in [-0.1, -0.05) is 29.3 Å². The Balaban J connectivity index is 1.68. The molecule has 1 aromatic heterocycles. The van der Waals surface area contributed by atoms with Crippen molar-refractivity contribution in [1.82, 2.24) is 20.0 Å². The maximum atomic E-state index is 13.9. The predicted octanol–water partition coefficient (Wildman–Crippen LogP) is 4.18. The molecule has 1 saturated carbocycles. The minimum atomic E-state index is -2.82. The van der Waals surface area contributed by atoms with Crippen molar-refractivity contribution in [2.75, 3.05) is 13.2 Å². The Bertz CT molecular complexity index is 1100. The van der Waals surface area contributed by atoms with Crippen molar-refractivity contribution < 1.29 is 22.8 Å². The second kappa shape index (κ2) is 7.84. The number of nitrogens with zero attached hydrogens (tertiary/aromatic N) is 3. The molecule has 1 aliphatic carbocycles. The van der Waals surface area contributed by atoms with Gasteiger partial charge in [-0.3, -0.25) is 9.48 Å². The number of nitrogens with two attached hydrogens (primary N) is 1. The van der Waals surface area contributed by atoms with Crippen LogP contribution >= 0.6 is 23.2 Å². The maximum absolute atomic E-state index is 13.9. The third-order valence-electron chi connectivity index (χ3n) is 5.74. The number of amides is 3. The average Bonchev–Trinajstić information content (AvgIpc) is 3.07. The van der Waals surface area contributed by atoms with Gasteiger partial charge in [0.1, 0.15) is 12.4 Å². The van der Waals surface area contributed by atoms with Crippen LogP contribution < -0.4 is 11.1 Å². The molecule has 0 saturated heterocycles. The lowest BCUT2D eigenvalue weighted by atomic mass is 9.75. The van der Waals surface area contributed by atoms with Crippen molar-refractivity contribution >= 4 is 35.1 Å². The summed E-state index contributed by atoms with van der Waals surface area (Å²) in [6, 6.07) is 3.14. The highest BCUT2D eigenvalue weighted by Crippen LogP contribution is 2.45. The number of halogens is 5. The van der Waals surface area contributed by atoms with E-state index in [1.165, 1.54) is 28.6 Å². The third-order valence-corrected chi connectivity index (χ3v) is 6.48. The van der Waals surface area contributed by atoms with Crippen LogP contribution in [0.2, 0.25) is 10.0 Å². The summed E-state index contributed by atoms with van der Waals surface area (Å²) in [6.45, 7) is 0.511. The average molecular weight is 490 g/mol. The summed E-state index contributed by atoms with van der Waals surface area (Å²) in [5.74, 6) is -3.63. The molecule has 7 nitrogen and oxygen atoms in total. The molecule has 0 radical (unpaired) electrons. The lowest BCUT2D eigenvalue weighted by molar-refractivity contribution is -0.124. The zero-order chi connectivity index (χ0) is 23.4. The molecule has 4 rings (SSSR count). The Kier molecular flexibility index (Phi) is 5.57. The first-order chi connectivity index (χ1) is 14.9. The first-order valence-electron chi connectivity index (χ1n) is 9.80. The molecule has 1 fully saturated rings. The summed E-state index contributed by atoms with van der Waals surface area (Å²) in [6.07, 6.45) is -0.948. The second-order valence-corrected chi connectivity index (χ2v) is 9.31. The normalized spacial score (nSPS) is 20.9. The standard InChI is InChI=1S/C20H20Cl2F3N5O2/c1-19(8-20(24,25)9-19)27-18(32)29-6-11(5-23)30-14(7-29)15(17(26)31)16(28-30)10-2-3-12(21)13(22)4-10/h2-4,11H,5-9H2,1H3,(H2,26,31)(H,27,32). The van der Waals surface area contributed by atoms with Crippen molar-refractivity contribution in [2.45, 2.75) is 43.8 Å². The Morgan fingerprint density at radius 2 is 1.97 bits per heavy atom. The lowest BCUT2D eigenvalue weighted by Crippen LogP contribution is -2.63. The van der Waals surface area contributed by atoms with Gasteiger partial charge in [0.15, 0.2) is 0 Å². The van der Waals surface area contributed by atoms with Crippen LogP contribution in [0.1, 0.15) is 41.9 Å². The van der Waals surface area contributed by atoms with Crippen molar-refractivity contribution in [3.63, 3.8) is 0 Å². The molecule has 2 aliphatic rings. The Labute approximate surface area is 191 Å². The van der Waals surface area contributed by atoms with Gasteiger partial charge in [-0.15, -0.1) is 0 Å². The van der Waals surface area contributed by atoms with Gasteiger partial charge in [0.25, 0.3) is 11.8 Å². The lowest BCUT2D eigenvalue weighted by Gasteiger charge is -2.46. The van der Waals surface area contributed by atoms with Crippen LogP contribution in [-0.4, -0.2) is 51.3 Å². The number of carbonyl (C=O) groups excluding carboxylic acids is 2. The van der Waals surface area contributed by atoms with Crippen LogP contribution in [-0.2, 0) is 6.54 Å². The Morgan fingerprint density at radius 3 is 2.53 bits per heavy atom. The molecule has 3 amide bonds. The molecule has 0 spiro atoms. The quantitative estimate of drug-likeness (QED) is 0.674. The maximum Gasteiger partial charge on any atom is 0.318 e. The molecule has 2 aromatic rings. The SMILES string of the molecule is CC1(NC(=O)N2Cc3c(C(N)=O)c(-c4ccc(Cl)c(Cl)c4)nn3C(CF)C2)CC(F)(F)C1. The Hall–Kier alpha value is -2.46. The number of urea groups is 1. The fourth-order valence-electron chi connectivity index (χ4n) is 4.39. The van der Waals surface area contributed by atoms with Gasteiger partial charge in [-0.05, 0) is 19.1 Å². The van der Waals surface area contributed by atoms with Gasteiger partial charge in [0.05, 0.1) is 39.4 Å². The minimum Gasteiger partial charge on any atom is -0.365 e. The number of aromatic nitrogens is 2. The van der Waals surface area contributed by atoms with Gasteiger partial charge >= 0.3 is 6.03 Å². The van der Waals surface area contributed by atoms with Gasteiger partial charge < -0.3 is 16.0 Å². The van der Waals surface area contributed by atoms with Crippen molar-refractivity contribution in [2.24, 2.45) is 5.73 Å². The molecule has 12 heteroatoms. The summed E-state index contributed by atoms with van der Waals surface area (Å²) in [5.41, 5.74) is 5.49. The van der Waals surface area contributed by atoms with Crippen LogP contribution in [0.25, 0.3) is 11.3 Å². The van der Waals surface area contributed by atoms with E-state index in [9.17, 15) is 22.8 Å². The van der Waals surface area contributed by atoms with Crippen molar-refractivity contribution in [3.05, 3.63) is 39.5 Å². The zero-order valence-electron chi connectivity index (χ0n) is 17.0. The number of alkyl halides is 3. The molecule has 3 N–H and O–H groups in total. The smallest absolute Gasteiger partial charge is 0.318 e. The highest BCUT2D eigenvalue weighted by atomic mass is 35.5. The number of hydrogen-bond donors (Lipinski definition) is 2. The number of rotatable bonds is 4. The second-order valence-electron chi connectivity index (χ2n) is 8.50. The van der Waals surface area contributed by atoms with Gasteiger partial charge in [0, 0.05) is 24.9 Å². The molecule has 1 aliphatic heterocycles. The van der Waals surface area contributed by atoms with E-state index >= 15 is 0 Å². The van der Waals surface area contributed by atoms with E-state index in [0.717, 1.165) is 0 Å². The molecular formula is C20H20Cl2F3N5O2. The molecular weight excluding hydrogens is 470 g/mol. The van der Waals surface area contributed by atoms with E-state index in [1.807, 2.05) is 0 Å². The third kappa shape index (κ3) is 4.01. The molecule has 0 bridgehead atoms. The largest absolute Gasteiger partial charge is 0.365 e. The number of benzene rings is 1. The zero-order valence-corrected chi connectivity index (χ0v) is 18.5. The van der Waals surface area contributed by atoms with E-state index < -0.39 is 49.0 Å². The highest BCUT2D eigenvalue weighted by molar-refractivity contribution is 6.42. The minimum absolute atomic E-state index is 0.0285. The predicted molar refractivity (Wildman–Crippen MR) is 113 cm³/mol. The van der Waals surface area contributed by atoms with Gasteiger partial charge in [-0.25, -0.2) is 18.0 Å². The first-order valence-corrected chi connectivity index (χ1v) is 10.6. The Morgan fingerprint density at radius 1 is 1.28 bits per heavy atom. The topological polar surface area (TPSA) is 93.2 Å². The molecule has 1 aromatic carbocycles. The van der Waals surface area contributed by atoms with Crippen LogP contribution in [0, 0.1) is 0 Å². The van der Waals surface area contributed by atoms with E-state index in [2.05, 4.69) is 10.4 Å². The number of hydrogen-bond acceptors (Lipinski definition) is 3. The first kappa shape index (κ1) is 22.7. The van der Waals surface area contributed by atoms with Crippen LogP contribution in [0.5, 0.6) is 0 Å².